The van der Waals surface area contributed by atoms with E-state index in [1.54, 1.807) is 0 Å². The highest BCUT2D eigenvalue weighted by molar-refractivity contribution is 6.15. The summed E-state index contributed by atoms with van der Waals surface area (Å²) < 4.78 is 16.0. The van der Waals surface area contributed by atoms with Gasteiger partial charge in [-0.15, -0.1) is 0 Å². The van der Waals surface area contributed by atoms with E-state index in [9.17, 15) is 0 Å². The topological polar surface area (TPSA) is 66.0 Å². The lowest BCUT2D eigenvalue weighted by molar-refractivity contribution is 0.0292. The van der Waals surface area contributed by atoms with Gasteiger partial charge in [-0.1, -0.05) is 117 Å². The summed E-state index contributed by atoms with van der Waals surface area (Å²) in [6.07, 6.45) is 5.12. The number of rotatable bonds is 4. The molecule has 1 fully saturated rings. The molecule has 0 spiro atoms. The zero-order chi connectivity index (χ0) is 36.0. The molecule has 0 N–H and O–H groups in total. The average molecular weight is 703 g/mol. The zero-order valence-electron chi connectivity index (χ0n) is 30.3. The van der Waals surface area contributed by atoms with Crippen LogP contribution in [0, 0.1) is 5.92 Å². The standard InChI is InChI=1S/C48H38N4O2/c1-48(2)35-20-10-12-22-40(35)54-44-36(48)25-26-38-43(44)32-18-9-11-21-37(32)52(38)31-24-27-39-34(28-31)42-33(19-13-23-41(42)53-39)47-50-45(29-14-5-3-6-15-29)49-46(51-47)30-16-7-4-8-17-30/h3-9,11,13-19,21,23-28,35,40H,10,12,20,22H2,1-2H3. The van der Waals surface area contributed by atoms with Gasteiger partial charge >= 0.3 is 0 Å². The van der Waals surface area contributed by atoms with Crippen molar-refractivity contribution in [1.82, 2.24) is 19.5 Å². The fourth-order valence-corrected chi connectivity index (χ4v) is 9.42. The molecule has 11 rings (SSSR count). The molecule has 262 valence electrons. The van der Waals surface area contributed by atoms with Crippen LogP contribution < -0.4 is 4.74 Å². The summed E-state index contributed by atoms with van der Waals surface area (Å²) in [7, 11) is 0. The van der Waals surface area contributed by atoms with Crippen LogP contribution in [0.4, 0.5) is 0 Å². The second-order valence-electron chi connectivity index (χ2n) is 15.5. The van der Waals surface area contributed by atoms with Gasteiger partial charge in [-0.2, -0.15) is 0 Å². The van der Waals surface area contributed by atoms with Gasteiger partial charge < -0.3 is 13.7 Å². The van der Waals surface area contributed by atoms with Crippen molar-refractivity contribution in [2.24, 2.45) is 5.92 Å². The lowest BCUT2D eigenvalue weighted by atomic mass is 9.64. The molecule has 6 nitrogen and oxygen atoms in total. The molecule has 1 aliphatic carbocycles. The predicted molar refractivity (Wildman–Crippen MR) is 217 cm³/mol. The molecule has 9 aromatic rings. The zero-order valence-corrected chi connectivity index (χ0v) is 30.3. The Morgan fingerprint density at radius 3 is 2.07 bits per heavy atom. The second-order valence-corrected chi connectivity index (χ2v) is 15.5. The molecule has 0 amide bonds. The molecule has 1 saturated carbocycles. The third-order valence-electron chi connectivity index (χ3n) is 12.1. The molecular weight excluding hydrogens is 665 g/mol. The highest BCUT2D eigenvalue weighted by Gasteiger charge is 2.45. The molecule has 6 heteroatoms. The van der Waals surface area contributed by atoms with Crippen molar-refractivity contribution in [3.8, 4) is 45.6 Å². The van der Waals surface area contributed by atoms with Gasteiger partial charge in [0.15, 0.2) is 17.5 Å². The van der Waals surface area contributed by atoms with E-state index in [1.165, 1.54) is 35.6 Å². The van der Waals surface area contributed by atoms with Gasteiger partial charge in [0, 0.05) is 50.0 Å². The molecule has 2 atom stereocenters. The molecule has 2 aliphatic rings. The van der Waals surface area contributed by atoms with Crippen LogP contribution in [0.15, 0.2) is 138 Å². The Kier molecular flexibility index (Phi) is 6.88. The summed E-state index contributed by atoms with van der Waals surface area (Å²) >= 11 is 0. The Bertz CT molecular complexity index is 2850. The van der Waals surface area contributed by atoms with Crippen molar-refractivity contribution in [2.75, 3.05) is 0 Å². The summed E-state index contributed by atoms with van der Waals surface area (Å²) in [5.41, 5.74) is 9.08. The van der Waals surface area contributed by atoms with Crippen LogP contribution in [0.2, 0.25) is 0 Å². The van der Waals surface area contributed by atoms with Crippen LogP contribution in [0.5, 0.6) is 5.75 Å². The van der Waals surface area contributed by atoms with Crippen LogP contribution in [-0.4, -0.2) is 25.6 Å². The lowest BCUT2D eigenvalue weighted by Crippen LogP contribution is -2.46. The van der Waals surface area contributed by atoms with E-state index in [0.717, 1.165) is 67.5 Å². The van der Waals surface area contributed by atoms with Crippen LogP contribution in [0.3, 0.4) is 0 Å². The van der Waals surface area contributed by atoms with E-state index < -0.39 is 0 Å². The fraction of sp³-hybridized carbons (Fsp3) is 0.188. The second kappa shape index (κ2) is 11.9. The minimum Gasteiger partial charge on any atom is -0.489 e. The van der Waals surface area contributed by atoms with E-state index >= 15 is 0 Å². The highest BCUT2D eigenvalue weighted by atomic mass is 16.5. The number of para-hydroxylation sites is 1. The number of fused-ring (bicyclic) bond motifs is 9. The molecule has 3 aromatic heterocycles. The largest absolute Gasteiger partial charge is 0.489 e. The third kappa shape index (κ3) is 4.69. The first-order valence-corrected chi connectivity index (χ1v) is 19.1. The van der Waals surface area contributed by atoms with Crippen LogP contribution in [0.1, 0.15) is 45.1 Å². The Balaban J connectivity index is 1.13. The number of hydrogen-bond donors (Lipinski definition) is 0. The smallest absolute Gasteiger partial charge is 0.164 e. The van der Waals surface area contributed by atoms with E-state index in [-0.39, 0.29) is 11.5 Å². The molecule has 1 aliphatic heterocycles. The van der Waals surface area contributed by atoms with Crippen molar-refractivity contribution in [1.29, 1.82) is 0 Å². The number of hydrogen-bond acceptors (Lipinski definition) is 5. The van der Waals surface area contributed by atoms with E-state index in [2.05, 4.69) is 79.1 Å². The van der Waals surface area contributed by atoms with Gasteiger partial charge in [-0.25, -0.2) is 15.0 Å². The first-order chi connectivity index (χ1) is 26.5. The van der Waals surface area contributed by atoms with E-state index in [0.29, 0.717) is 23.4 Å². The average Bonchev–Trinajstić information content (AvgIpc) is 3.77. The van der Waals surface area contributed by atoms with E-state index in [1.807, 2.05) is 72.8 Å². The van der Waals surface area contributed by atoms with Gasteiger partial charge in [-0.3, -0.25) is 0 Å². The van der Waals surface area contributed by atoms with Crippen molar-refractivity contribution >= 4 is 43.7 Å². The summed E-state index contributed by atoms with van der Waals surface area (Å²) in [4.78, 5) is 15.1. The fourth-order valence-electron chi connectivity index (χ4n) is 9.42. The van der Waals surface area contributed by atoms with Gasteiger partial charge in [-0.05, 0) is 61.1 Å². The maximum atomic E-state index is 7.06. The van der Waals surface area contributed by atoms with Crippen LogP contribution in [0.25, 0.3) is 83.6 Å². The third-order valence-corrected chi connectivity index (χ3v) is 12.1. The molecule has 6 aromatic carbocycles. The quantitative estimate of drug-likeness (QED) is 0.183. The predicted octanol–water partition coefficient (Wildman–Crippen LogP) is 12.1. The van der Waals surface area contributed by atoms with E-state index in [4.69, 9.17) is 24.1 Å². The lowest BCUT2D eigenvalue weighted by Gasteiger charge is -2.47. The summed E-state index contributed by atoms with van der Waals surface area (Å²) in [6.45, 7) is 4.85. The van der Waals surface area contributed by atoms with Gasteiger partial charge in [0.25, 0.3) is 0 Å². The van der Waals surface area contributed by atoms with Crippen molar-refractivity contribution in [3.05, 3.63) is 139 Å². The monoisotopic (exact) mass is 702 g/mol. The first-order valence-electron chi connectivity index (χ1n) is 19.1. The molecule has 0 bridgehead atoms. The summed E-state index contributed by atoms with van der Waals surface area (Å²) in [5.74, 6) is 3.45. The minimum absolute atomic E-state index is 0.0386. The normalized spacial score (nSPS) is 17.8. The number of nitrogens with zero attached hydrogens (tertiary/aromatic N) is 4. The van der Waals surface area contributed by atoms with Crippen molar-refractivity contribution in [3.63, 3.8) is 0 Å². The Labute approximate surface area is 313 Å². The number of ether oxygens (including phenoxy) is 1. The minimum atomic E-state index is 0.0386. The highest BCUT2D eigenvalue weighted by Crippen LogP contribution is 2.53. The van der Waals surface area contributed by atoms with Gasteiger partial charge in [0.2, 0.25) is 0 Å². The van der Waals surface area contributed by atoms with Crippen LogP contribution >= 0.6 is 0 Å². The molecule has 4 heterocycles. The molecular formula is C48H38N4O2. The van der Waals surface area contributed by atoms with Gasteiger partial charge in [0.1, 0.15) is 23.0 Å². The Hall–Kier alpha value is -6.27. The first kappa shape index (κ1) is 31.3. The number of aromatic nitrogens is 4. The maximum absolute atomic E-state index is 7.06. The van der Waals surface area contributed by atoms with Crippen molar-refractivity contribution in [2.45, 2.75) is 51.0 Å². The number of benzene rings is 6. The Morgan fingerprint density at radius 2 is 1.30 bits per heavy atom. The Morgan fingerprint density at radius 1 is 0.593 bits per heavy atom. The maximum Gasteiger partial charge on any atom is 0.164 e. The number of furan rings is 1. The molecule has 0 saturated heterocycles. The van der Waals surface area contributed by atoms with Crippen molar-refractivity contribution < 1.29 is 9.15 Å². The van der Waals surface area contributed by atoms with Crippen LogP contribution in [-0.2, 0) is 5.41 Å². The molecule has 0 radical (unpaired) electrons. The SMILES string of the molecule is CC1(C)c2ccc3c(c2OC2CCCCC21)c1ccccc1n3-c1ccc2oc3cccc(-c4nc(-c5ccccc5)nc(-c5ccccc5)n4)c3c2c1. The molecule has 2 unspecified atom stereocenters. The molecule has 54 heavy (non-hydrogen) atoms. The van der Waals surface area contributed by atoms with Gasteiger partial charge in [0.05, 0.1) is 16.4 Å². The summed E-state index contributed by atoms with van der Waals surface area (Å²) in [6, 6.07) is 46.3. The summed E-state index contributed by atoms with van der Waals surface area (Å²) in [5, 5.41) is 4.39.